The van der Waals surface area contributed by atoms with Gasteiger partial charge in [0.2, 0.25) is 0 Å². The van der Waals surface area contributed by atoms with Gasteiger partial charge >= 0.3 is 0 Å². The van der Waals surface area contributed by atoms with Gasteiger partial charge in [-0.05, 0) is 63.4 Å². The van der Waals surface area contributed by atoms with Crippen LogP contribution < -0.4 is 14.2 Å². The van der Waals surface area contributed by atoms with Crippen LogP contribution >= 0.6 is 0 Å². The molecule has 0 radical (unpaired) electrons. The molecule has 5 aliphatic rings. The zero-order valence-corrected chi connectivity index (χ0v) is 14.3. The average Bonchev–Trinajstić information content (AvgIpc) is 3.33. The molecule has 0 saturated heterocycles. The van der Waals surface area contributed by atoms with Crippen LogP contribution in [0, 0.1) is 5.92 Å². The molecule has 3 fully saturated rings. The summed E-state index contributed by atoms with van der Waals surface area (Å²) in [6.07, 6.45) is 13.6. The highest BCUT2D eigenvalue weighted by Crippen LogP contribution is 2.60. The van der Waals surface area contributed by atoms with Gasteiger partial charge in [0.15, 0.2) is 11.5 Å². The van der Waals surface area contributed by atoms with Gasteiger partial charge in [0.25, 0.3) is 5.79 Å². The van der Waals surface area contributed by atoms with Gasteiger partial charge in [-0.25, -0.2) is 0 Å². The summed E-state index contributed by atoms with van der Waals surface area (Å²) in [4.78, 5) is 0. The van der Waals surface area contributed by atoms with Crippen molar-refractivity contribution in [3.05, 3.63) is 17.7 Å². The Kier molecular flexibility index (Phi) is 2.67. The molecule has 24 heavy (non-hydrogen) atoms. The predicted octanol–water partition coefficient (Wildman–Crippen LogP) is 5.32. The molecule has 3 aliphatic carbocycles. The SMILES string of the molecule is c1c2c(cc3c1OC1(CCCC1)C1CCCC31)OC1(CCCC1)O2. The fourth-order valence-electron chi connectivity index (χ4n) is 6.34. The fourth-order valence-corrected chi connectivity index (χ4v) is 6.34. The highest BCUT2D eigenvalue weighted by Gasteiger charge is 2.53. The summed E-state index contributed by atoms with van der Waals surface area (Å²) in [5.74, 6) is 3.99. The Morgan fingerprint density at radius 1 is 0.708 bits per heavy atom. The van der Waals surface area contributed by atoms with E-state index in [1.54, 1.807) is 0 Å². The number of ether oxygens (including phenoxy) is 3. The second kappa shape index (κ2) is 4.62. The Labute approximate surface area is 143 Å². The zero-order chi connectivity index (χ0) is 15.8. The average molecular weight is 326 g/mol. The van der Waals surface area contributed by atoms with Crippen molar-refractivity contribution in [3.63, 3.8) is 0 Å². The normalized spacial score (nSPS) is 33.7. The first-order valence-corrected chi connectivity index (χ1v) is 10.0. The Morgan fingerprint density at radius 2 is 1.42 bits per heavy atom. The molecule has 2 heterocycles. The van der Waals surface area contributed by atoms with Crippen molar-refractivity contribution in [3.8, 4) is 17.2 Å². The molecule has 0 N–H and O–H groups in total. The van der Waals surface area contributed by atoms with Crippen LogP contribution in [0.4, 0.5) is 0 Å². The molecule has 3 saturated carbocycles. The van der Waals surface area contributed by atoms with E-state index in [9.17, 15) is 0 Å². The third-order valence-electron chi connectivity index (χ3n) is 7.39. The van der Waals surface area contributed by atoms with Crippen LogP contribution in [0.2, 0.25) is 0 Å². The van der Waals surface area contributed by atoms with E-state index in [2.05, 4.69) is 12.1 Å². The molecular weight excluding hydrogens is 300 g/mol. The first-order valence-electron chi connectivity index (χ1n) is 10.0. The van der Waals surface area contributed by atoms with Crippen LogP contribution in [0.5, 0.6) is 17.2 Å². The number of benzene rings is 1. The summed E-state index contributed by atoms with van der Waals surface area (Å²) >= 11 is 0. The first kappa shape index (κ1) is 13.9. The highest BCUT2D eigenvalue weighted by atomic mass is 16.7. The van der Waals surface area contributed by atoms with Crippen LogP contribution in [-0.4, -0.2) is 11.4 Å². The van der Waals surface area contributed by atoms with Gasteiger partial charge in [-0.1, -0.05) is 6.42 Å². The molecule has 1 aromatic rings. The van der Waals surface area contributed by atoms with Gasteiger partial charge in [0, 0.05) is 30.4 Å². The Hall–Kier alpha value is -1.38. The summed E-state index contributed by atoms with van der Waals surface area (Å²) in [6.45, 7) is 0. The van der Waals surface area contributed by atoms with Crippen LogP contribution in [0.3, 0.4) is 0 Å². The van der Waals surface area contributed by atoms with Crippen molar-refractivity contribution in [2.75, 3.05) is 0 Å². The summed E-state index contributed by atoms with van der Waals surface area (Å²) in [5.41, 5.74) is 1.51. The van der Waals surface area contributed by atoms with E-state index in [0.29, 0.717) is 11.8 Å². The molecular formula is C21H26O3. The van der Waals surface area contributed by atoms with Gasteiger partial charge in [0.05, 0.1) is 0 Å². The molecule has 1 aromatic carbocycles. The minimum absolute atomic E-state index is 0.118. The molecule has 3 nitrogen and oxygen atoms in total. The molecule has 2 unspecified atom stereocenters. The minimum atomic E-state index is -0.369. The van der Waals surface area contributed by atoms with Crippen LogP contribution in [0.25, 0.3) is 0 Å². The van der Waals surface area contributed by atoms with E-state index in [4.69, 9.17) is 14.2 Å². The van der Waals surface area contributed by atoms with E-state index in [1.807, 2.05) is 0 Å². The standard InChI is InChI=1S/C21H26O3/c1-2-9-20(8-1)16-7-5-6-14(16)15-12-18-19(13-17(15)22-20)24-21(23-18)10-3-4-11-21/h12-14,16H,1-11H2. The lowest BCUT2D eigenvalue weighted by molar-refractivity contribution is -0.0716. The smallest absolute Gasteiger partial charge is 0.251 e. The summed E-state index contributed by atoms with van der Waals surface area (Å²) in [5, 5.41) is 0. The lowest BCUT2D eigenvalue weighted by Gasteiger charge is -2.44. The maximum atomic E-state index is 6.74. The topological polar surface area (TPSA) is 27.7 Å². The summed E-state index contributed by atoms with van der Waals surface area (Å²) in [7, 11) is 0. The molecule has 0 bridgehead atoms. The van der Waals surface area contributed by atoms with Crippen LogP contribution in [-0.2, 0) is 0 Å². The van der Waals surface area contributed by atoms with E-state index >= 15 is 0 Å². The first-order chi connectivity index (χ1) is 11.8. The van der Waals surface area contributed by atoms with E-state index in [0.717, 1.165) is 30.1 Å². The maximum Gasteiger partial charge on any atom is 0.251 e. The Balaban J connectivity index is 1.43. The van der Waals surface area contributed by atoms with Gasteiger partial charge in [0.1, 0.15) is 11.4 Å². The number of fused-ring (bicyclic) bond motifs is 5. The van der Waals surface area contributed by atoms with Crippen molar-refractivity contribution in [2.45, 2.75) is 87.9 Å². The molecule has 6 rings (SSSR count). The fraction of sp³-hybridized carbons (Fsp3) is 0.714. The Morgan fingerprint density at radius 3 is 2.21 bits per heavy atom. The van der Waals surface area contributed by atoms with Gasteiger partial charge in [-0.2, -0.15) is 0 Å². The largest absolute Gasteiger partial charge is 0.487 e. The van der Waals surface area contributed by atoms with Crippen LogP contribution in [0.1, 0.15) is 82.1 Å². The van der Waals surface area contributed by atoms with Crippen molar-refractivity contribution in [2.24, 2.45) is 5.92 Å². The van der Waals surface area contributed by atoms with Crippen molar-refractivity contribution < 1.29 is 14.2 Å². The summed E-state index contributed by atoms with van der Waals surface area (Å²) in [6, 6.07) is 4.43. The highest BCUT2D eigenvalue weighted by molar-refractivity contribution is 5.55. The van der Waals surface area contributed by atoms with Crippen molar-refractivity contribution in [1.82, 2.24) is 0 Å². The predicted molar refractivity (Wildman–Crippen MR) is 90.8 cm³/mol. The van der Waals surface area contributed by atoms with Gasteiger partial charge in [-0.15, -0.1) is 0 Å². The third kappa shape index (κ3) is 1.74. The zero-order valence-electron chi connectivity index (χ0n) is 14.3. The second-order valence-electron chi connectivity index (χ2n) is 8.68. The van der Waals surface area contributed by atoms with E-state index < -0.39 is 0 Å². The molecule has 2 spiro atoms. The summed E-state index contributed by atoms with van der Waals surface area (Å²) < 4.78 is 19.3. The van der Waals surface area contributed by atoms with Gasteiger partial charge < -0.3 is 14.2 Å². The molecule has 3 heteroatoms. The second-order valence-corrected chi connectivity index (χ2v) is 8.68. The van der Waals surface area contributed by atoms with E-state index in [1.165, 1.54) is 63.4 Å². The number of hydrogen-bond donors (Lipinski definition) is 0. The Bertz CT molecular complexity index is 683. The third-order valence-corrected chi connectivity index (χ3v) is 7.39. The van der Waals surface area contributed by atoms with Crippen molar-refractivity contribution >= 4 is 0 Å². The van der Waals surface area contributed by atoms with E-state index in [-0.39, 0.29) is 11.4 Å². The monoisotopic (exact) mass is 326 g/mol. The molecule has 0 amide bonds. The van der Waals surface area contributed by atoms with Gasteiger partial charge in [-0.3, -0.25) is 0 Å². The molecule has 2 atom stereocenters. The maximum absolute atomic E-state index is 6.74. The quantitative estimate of drug-likeness (QED) is 0.646. The van der Waals surface area contributed by atoms with Crippen LogP contribution in [0.15, 0.2) is 12.1 Å². The lowest BCUT2D eigenvalue weighted by Crippen LogP contribution is -2.45. The molecule has 2 aliphatic heterocycles. The lowest BCUT2D eigenvalue weighted by atomic mass is 9.73. The molecule has 0 aromatic heterocycles. The minimum Gasteiger partial charge on any atom is -0.487 e. The van der Waals surface area contributed by atoms with Crippen molar-refractivity contribution in [1.29, 1.82) is 0 Å². The number of hydrogen-bond acceptors (Lipinski definition) is 3. The number of rotatable bonds is 0. The molecule has 128 valence electrons.